The lowest BCUT2D eigenvalue weighted by Crippen LogP contribution is -2.45. The number of carboxylic acids is 1. The van der Waals surface area contributed by atoms with Crippen LogP contribution in [0.25, 0.3) is 11.1 Å². The number of hydrogen-bond donors (Lipinski definition) is 4. The molecule has 0 aliphatic heterocycles. The van der Waals surface area contributed by atoms with Crippen LogP contribution in [0.4, 0.5) is 4.79 Å². The van der Waals surface area contributed by atoms with E-state index in [-0.39, 0.29) is 32.0 Å². The van der Waals surface area contributed by atoms with E-state index in [1.54, 1.807) is 0 Å². The molecule has 34 heavy (non-hydrogen) atoms. The van der Waals surface area contributed by atoms with Crippen LogP contribution in [0.5, 0.6) is 0 Å². The summed E-state index contributed by atoms with van der Waals surface area (Å²) < 4.78 is 5.58. The minimum Gasteiger partial charge on any atom is -0.480 e. The molecule has 0 saturated heterocycles. The first kappa shape index (κ1) is 25.2. The summed E-state index contributed by atoms with van der Waals surface area (Å²) in [5.41, 5.74) is 4.50. The van der Waals surface area contributed by atoms with Gasteiger partial charge in [0.1, 0.15) is 12.6 Å². The number of carbonyl (C=O) groups excluding carboxylic acids is 2. The number of aliphatic hydroxyl groups excluding tert-OH is 1. The summed E-state index contributed by atoms with van der Waals surface area (Å²) >= 11 is 0. The molecule has 0 bridgehead atoms. The number of unbranched alkanes of at least 4 members (excludes halogenated alkanes) is 1. The van der Waals surface area contributed by atoms with Gasteiger partial charge in [-0.05, 0) is 28.7 Å². The molecule has 4 N–H and O–H groups in total. The average Bonchev–Trinajstić information content (AvgIpc) is 3.14. The van der Waals surface area contributed by atoms with Crippen LogP contribution < -0.4 is 10.6 Å². The quantitative estimate of drug-likeness (QED) is 0.378. The van der Waals surface area contributed by atoms with Crippen LogP contribution in [0.1, 0.15) is 56.1 Å². The highest BCUT2D eigenvalue weighted by molar-refractivity contribution is 5.84. The van der Waals surface area contributed by atoms with E-state index in [2.05, 4.69) is 22.8 Å². The summed E-state index contributed by atoms with van der Waals surface area (Å²) in [6.45, 7) is 1.82. The van der Waals surface area contributed by atoms with Crippen molar-refractivity contribution >= 4 is 18.0 Å². The van der Waals surface area contributed by atoms with Crippen molar-refractivity contribution in [3.63, 3.8) is 0 Å². The van der Waals surface area contributed by atoms with Crippen LogP contribution in [0, 0.1) is 0 Å². The minimum atomic E-state index is -1.21. The molecule has 1 aliphatic rings. The van der Waals surface area contributed by atoms with Crippen LogP contribution in [-0.2, 0) is 14.3 Å². The number of amides is 2. The van der Waals surface area contributed by atoms with Gasteiger partial charge >= 0.3 is 12.1 Å². The van der Waals surface area contributed by atoms with Crippen LogP contribution in [0.15, 0.2) is 48.5 Å². The van der Waals surface area contributed by atoms with Gasteiger partial charge < -0.3 is 25.6 Å². The highest BCUT2D eigenvalue weighted by Gasteiger charge is 2.29. The Kier molecular flexibility index (Phi) is 9.04. The summed E-state index contributed by atoms with van der Waals surface area (Å²) in [7, 11) is 0. The fraction of sp³-hybridized carbons (Fsp3) is 0.423. The number of aliphatic carboxylic acids is 1. The number of rotatable bonds is 12. The second-order valence-electron chi connectivity index (χ2n) is 8.48. The fourth-order valence-electron chi connectivity index (χ4n) is 4.35. The third-order valence-corrected chi connectivity index (χ3v) is 6.05. The van der Waals surface area contributed by atoms with E-state index in [0.717, 1.165) is 35.1 Å². The molecular weight excluding hydrogens is 436 g/mol. The zero-order valence-electron chi connectivity index (χ0n) is 19.3. The van der Waals surface area contributed by atoms with Crippen molar-refractivity contribution in [1.29, 1.82) is 0 Å². The first-order valence-electron chi connectivity index (χ1n) is 11.7. The van der Waals surface area contributed by atoms with Crippen molar-refractivity contribution in [2.75, 3.05) is 13.2 Å². The van der Waals surface area contributed by atoms with Gasteiger partial charge in [-0.3, -0.25) is 4.79 Å². The number of hydrogen-bond acceptors (Lipinski definition) is 5. The molecule has 0 spiro atoms. The molecule has 2 aromatic rings. The number of aliphatic hydroxyl groups is 1. The van der Waals surface area contributed by atoms with Gasteiger partial charge in [0.2, 0.25) is 5.91 Å². The molecule has 0 fully saturated rings. The number of carbonyl (C=O) groups is 3. The normalized spacial score (nSPS) is 13.9. The van der Waals surface area contributed by atoms with Gasteiger partial charge in [-0.15, -0.1) is 0 Å². The Labute approximate surface area is 199 Å². The maximum absolute atomic E-state index is 12.6. The molecule has 182 valence electrons. The van der Waals surface area contributed by atoms with Crippen molar-refractivity contribution in [3.05, 3.63) is 59.7 Å². The number of alkyl carbamates (subject to hydrolysis) is 1. The molecule has 8 heteroatoms. The molecule has 1 aliphatic carbocycles. The average molecular weight is 469 g/mol. The Morgan fingerprint density at radius 1 is 0.971 bits per heavy atom. The molecule has 8 nitrogen and oxygen atoms in total. The predicted molar refractivity (Wildman–Crippen MR) is 127 cm³/mol. The number of nitrogens with one attached hydrogen (secondary N) is 2. The van der Waals surface area contributed by atoms with Crippen LogP contribution in [0.3, 0.4) is 0 Å². The minimum absolute atomic E-state index is 0.0645. The first-order chi connectivity index (χ1) is 16.4. The number of benzene rings is 2. The number of ether oxygens (including phenoxy) is 1. The molecule has 2 aromatic carbocycles. The van der Waals surface area contributed by atoms with Crippen LogP contribution >= 0.6 is 0 Å². The number of fused-ring (bicyclic) bond motifs is 3. The Morgan fingerprint density at radius 3 is 2.15 bits per heavy atom. The van der Waals surface area contributed by atoms with Gasteiger partial charge in [-0.2, -0.15) is 0 Å². The lowest BCUT2D eigenvalue weighted by atomic mass is 9.98. The Hall–Kier alpha value is -3.39. The smallest absolute Gasteiger partial charge is 0.407 e. The van der Waals surface area contributed by atoms with Gasteiger partial charge in [-0.1, -0.05) is 68.3 Å². The van der Waals surface area contributed by atoms with Crippen LogP contribution in [0.2, 0.25) is 0 Å². The molecule has 0 radical (unpaired) electrons. The van der Waals surface area contributed by atoms with Crippen LogP contribution in [-0.4, -0.2) is 53.5 Å². The molecule has 0 heterocycles. The van der Waals surface area contributed by atoms with Crippen molar-refractivity contribution in [2.45, 2.75) is 57.0 Å². The van der Waals surface area contributed by atoms with E-state index < -0.39 is 30.1 Å². The van der Waals surface area contributed by atoms with Crippen molar-refractivity contribution in [2.24, 2.45) is 0 Å². The van der Waals surface area contributed by atoms with E-state index in [1.165, 1.54) is 0 Å². The molecule has 2 atom stereocenters. The summed E-state index contributed by atoms with van der Waals surface area (Å²) in [6, 6.07) is 14.5. The van der Waals surface area contributed by atoms with Gasteiger partial charge in [0.25, 0.3) is 0 Å². The summed E-state index contributed by atoms with van der Waals surface area (Å²) in [5.74, 6) is -1.77. The van der Waals surface area contributed by atoms with E-state index in [1.807, 2.05) is 43.3 Å². The van der Waals surface area contributed by atoms with Gasteiger partial charge in [0, 0.05) is 31.4 Å². The zero-order chi connectivity index (χ0) is 24.5. The third-order valence-electron chi connectivity index (χ3n) is 6.05. The molecular formula is C26H32N2O6. The van der Waals surface area contributed by atoms with Gasteiger partial charge in [0.15, 0.2) is 0 Å². The maximum Gasteiger partial charge on any atom is 0.407 e. The largest absolute Gasteiger partial charge is 0.480 e. The van der Waals surface area contributed by atoms with E-state index >= 15 is 0 Å². The molecule has 0 aromatic heterocycles. The van der Waals surface area contributed by atoms with E-state index in [4.69, 9.17) is 9.84 Å². The van der Waals surface area contributed by atoms with Gasteiger partial charge in [0.05, 0.1) is 0 Å². The Balaban J connectivity index is 1.60. The zero-order valence-corrected chi connectivity index (χ0v) is 19.3. The second kappa shape index (κ2) is 12.2. The molecule has 2 amide bonds. The predicted octanol–water partition coefficient (Wildman–Crippen LogP) is 3.43. The van der Waals surface area contributed by atoms with Crippen molar-refractivity contribution in [3.8, 4) is 11.1 Å². The first-order valence-corrected chi connectivity index (χ1v) is 11.7. The molecule has 3 rings (SSSR count). The maximum atomic E-state index is 12.6. The van der Waals surface area contributed by atoms with Gasteiger partial charge in [-0.25, -0.2) is 9.59 Å². The lowest BCUT2D eigenvalue weighted by Gasteiger charge is -2.21. The SMILES string of the molecule is CCCC[C@@H](CC(=O)NC(CCO)C(=O)O)NC(=O)OCC1c2ccccc2-c2ccccc21. The summed E-state index contributed by atoms with van der Waals surface area (Å²) in [5, 5.41) is 23.3. The Bertz CT molecular complexity index is 963. The third kappa shape index (κ3) is 6.35. The van der Waals surface area contributed by atoms with Crippen molar-refractivity contribution < 1.29 is 29.3 Å². The Morgan fingerprint density at radius 2 is 1.59 bits per heavy atom. The monoisotopic (exact) mass is 468 g/mol. The van der Waals surface area contributed by atoms with Crippen molar-refractivity contribution in [1.82, 2.24) is 10.6 Å². The molecule has 1 unspecified atom stereocenters. The van der Waals surface area contributed by atoms with E-state index in [0.29, 0.717) is 6.42 Å². The summed E-state index contributed by atoms with van der Waals surface area (Å²) in [4.78, 5) is 36.2. The molecule has 0 saturated carbocycles. The number of carboxylic acid groups (broad SMARTS) is 1. The summed E-state index contributed by atoms with van der Waals surface area (Å²) in [6.07, 6.45) is 1.47. The van der Waals surface area contributed by atoms with E-state index in [9.17, 15) is 19.5 Å². The highest BCUT2D eigenvalue weighted by Crippen LogP contribution is 2.44. The standard InChI is InChI=1S/C26H32N2O6/c1-2-3-8-17(15-24(30)28-23(13-14-29)25(31)32)27-26(33)34-16-22-20-11-6-4-9-18(20)19-10-5-7-12-21(19)22/h4-7,9-12,17,22-23,29H,2-3,8,13-16H2,1H3,(H,27,33)(H,28,30)(H,31,32)/t17-,23?/m0/s1. The lowest BCUT2D eigenvalue weighted by molar-refractivity contribution is -0.142. The second-order valence-corrected chi connectivity index (χ2v) is 8.48. The fourth-order valence-corrected chi connectivity index (χ4v) is 4.35. The highest BCUT2D eigenvalue weighted by atomic mass is 16.5. The topological polar surface area (TPSA) is 125 Å².